The van der Waals surface area contributed by atoms with E-state index >= 15 is 0 Å². The minimum Gasteiger partial charge on any atom is -0.370 e. The number of nitrogens with zero attached hydrogens (tertiary/aromatic N) is 3. The average molecular weight is 417 g/mol. The van der Waals surface area contributed by atoms with Crippen molar-refractivity contribution in [2.75, 3.05) is 13.1 Å². The molecule has 0 aromatic carbocycles. The number of rotatable bonds is 4. The summed E-state index contributed by atoms with van der Waals surface area (Å²) < 4.78 is 8.13. The molecule has 0 radical (unpaired) electrons. The van der Waals surface area contributed by atoms with Gasteiger partial charge in [0.1, 0.15) is 0 Å². The second kappa shape index (κ2) is 7.91. The second-order valence-electron chi connectivity index (χ2n) is 8.31. The molecule has 0 saturated carbocycles. The Morgan fingerprint density at radius 3 is 2.76 bits per heavy atom. The molecule has 156 valence electrons. The number of aryl methyl sites for hydroxylation is 1. The molecule has 0 atom stereocenters. The summed E-state index contributed by atoms with van der Waals surface area (Å²) in [5.41, 5.74) is 2.16. The SMILES string of the molecule is CC(C)NC(=O)c1nn(C)c2c1COC1(CCN(C(=O)Cc3cccs3)CC1)C2. The maximum atomic E-state index is 12.6. The van der Waals surface area contributed by atoms with Crippen LogP contribution >= 0.6 is 11.3 Å². The summed E-state index contributed by atoms with van der Waals surface area (Å²) in [5, 5.41) is 9.39. The van der Waals surface area contributed by atoms with Gasteiger partial charge >= 0.3 is 0 Å². The van der Waals surface area contributed by atoms with E-state index in [0.29, 0.717) is 31.8 Å². The number of likely N-dealkylation sites (tertiary alicyclic amines) is 1. The Kier molecular flexibility index (Phi) is 5.48. The van der Waals surface area contributed by atoms with Crippen LogP contribution in [0.3, 0.4) is 0 Å². The van der Waals surface area contributed by atoms with Crippen LogP contribution in [0.25, 0.3) is 0 Å². The fourth-order valence-corrected chi connectivity index (χ4v) is 4.92. The number of carbonyl (C=O) groups excluding carboxylic acids is 2. The third-order valence-electron chi connectivity index (χ3n) is 5.85. The normalized spacial score (nSPS) is 18.1. The van der Waals surface area contributed by atoms with Gasteiger partial charge < -0.3 is 15.0 Å². The third kappa shape index (κ3) is 4.09. The summed E-state index contributed by atoms with van der Waals surface area (Å²) in [5.74, 6) is 0.0392. The van der Waals surface area contributed by atoms with E-state index in [9.17, 15) is 9.59 Å². The third-order valence-corrected chi connectivity index (χ3v) is 6.73. The number of amides is 2. The molecule has 29 heavy (non-hydrogen) atoms. The maximum Gasteiger partial charge on any atom is 0.272 e. The largest absolute Gasteiger partial charge is 0.370 e. The van der Waals surface area contributed by atoms with E-state index in [4.69, 9.17) is 4.74 Å². The predicted molar refractivity (Wildman–Crippen MR) is 111 cm³/mol. The van der Waals surface area contributed by atoms with Gasteiger partial charge in [0, 0.05) is 48.7 Å². The highest BCUT2D eigenvalue weighted by atomic mass is 32.1. The van der Waals surface area contributed by atoms with Gasteiger partial charge in [0.25, 0.3) is 5.91 Å². The quantitative estimate of drug-likeness (QED) is 0.830. The molecule has 7 nitrogen and oxygen atoms in total. The molecule has 0 unspecified atom stereocenters. The van der Waals surface area contributed by atoms with Crippen molar-refractivity contribution in [1.82, 2.24) is 20.0 Å². The standard InChI is InChI=1S/C21H28N4O3S/c1-14(2)22-20(27)19-16-13-28-21(12-17(16)24(3)23-19)6-8-25(9-7-21)18(26)11-15-5-4-10-29-15/h4-5,10,14H,6-9,11-13H2,1-3H3,(H,22,27). The van der Waals surface area contributed by atoms with Gasteiger partial charge in [-0.25, -0.2) is 0 Å². The molecule has 0 bridgehead atoms. The van der Waals surface area contributed by atoms with Crippen LogP contribution < -0.4 is 5.32 Å². The van der Waals surface area contributed by atoms with Crippen LogP contribution in [-0.4, -0.2) is 51.2 Å². The molecule has 8 heteroatoms. The van der Waals surface area contributed by atoms with E-state index in [-0.39, 0.29) is 23.5 Å². The van der Waals surface area contributed by atoms with Crippen LogP contribution in [0.5, 0.6) is 0 Å². The summed E-state index contributed by atoms with van der Waals surface area (Å²) in [6, 6.07) is 4.05. The number of ether oxygens (including phenoxy) is 1. The second-order valence-corrected chi connectivity index (χ2v) is 9.34. The number of hydrogen-bond donors (Lipinski definition) is 1. The molecule has 2 aliphatic heterocycles. The van der Waals surface area contributed by atoms with Crippen molar-refractivity contribution >= 4 is 23.2 Å². The Balaban J connectivity index is 1.42. The van der Waals surface area contributed by atoms with Crippen LogP contribution in [0, 0.1) is 0 Å². The Hall–Kier alpha value is -2.19. The molecule has 2 aromatic rings. The molecule has 4 rings (SSSR count). The lowest BCUT2D eigenvalue weighted by Gasteiger charge is -2.43. The number of fused-ring (bicyclic) bond motifs is 1. The first-order chi connectivity index (χ1) is 13.9. The summed E-state index contributed by atoms with van der Waals surface area (Å²) in [6.07, 6.45) is 2.82. The van der Waals surface area contributed by atoms with Crippen molar-refractivity contribution in [2.45, 2.75) is 57.8 Å². The minimum absolute atomic E-state index is 0.0621. The highest BCUT2D eigenvalue weighted by Gasteiger charge is 2.42. The first kappa shape index (κ1) is 20.1. The Morgan fingerprint density at radius 1 is 1.34 bits per heavy atom. The van der Waals surface area contributed by atoms with Gasteiger partial charge in [-0.3, -0.25) is 14.3 Å². The zero-order chi connectivity index (χ0) is 20.6. The minimum atomic E-state index is -0.272. The molecule has 1 N–H and O–H groups in total. The van der Waals surface area contributed by atoms with Gasteiger partial charge in [0.05, 0.1) is 18.6 Å². The Bertz CT molecular complexity index is 895. The topological polar surface area (TPSA) is 76.5 Å². The van der Waals surface area contributed by atoms with Crippen LogP contribution in [0.1, 0.15) is 53.3 Å². The molecule has 1 spiro atoms. The number of piperidine rings is 1. The van der Waals surface area contributed by atoms with Crippen molar-refractivity contribution in [3.8, 4) is 0 Å². The molecule has 2 aromatic heterocycles. The molecule has 2 aliphatic rings. The lowest BCUT2D eigenvalue weighted by atomic mass is 9.83. The molecular weight excluding hydrogens is 388 g/mol. The van der Waals surface area contributed by atoms with Crippen LogP contribution in [-0.2, 0) is 36.0 Å². The van der Waals surface area contributed by atoms with Gasteiger partial charge in [-0.2, -0.15) is 5.10 Å². The van der Waals surface area contributed by atoms with Gasteiger partial charge in [0.2, 0.25) is 5.91 Å². The maximum absolute atomic E-state index is 12.6. The fourth-order valence-electron chi connectivity index (χ4n) is 4.23. The van der Waals surface area contributed by atoms with E-state index in [0.717, 1.165) is 35.4 Å². The van der Waals surface area contributed by atoms with Crippen LogP contribution in [0.15, 0.2) is 17.5 Å². The highest BCUT2D eigenvalue weighted by Crippen LogP contribution is 2.37. The van der Waals surface area contributed by atoms with Crippen molar-refractivity contribution in [3.63, 3.8) is 0 Å². The van der Waals surface area contributed by atoms with E-state index in [1.54, 1.807) is 11.3 Å². The number of carbonyl (C=O) groups is 2. The first-order valence-corrected chi connectivity index (χ1v) is 11.0. The van der Waals surface area contributed by atoms with E-state index in [1.165, 1.54) is 0 Å². The molecule has 0 aliphatic carbocycles. The molecule has 4 heterocycles. The highest BCUT2D eigenvalue weighted by molar-refractivity contribution is 7.10. The average Bonchev–Trinajstić information content (AvgIpc) is 3.30. The molecular formula is C21H28N4O3S. The summed E-state index contributed by atoms with van der Waals surface area (Å²) in [4.78, 5) is 28.1. The smallest absolute Gasteiger partial charge is 0.272 e. The number of aromatic nitrogens is 2. The van der Waals surface area contributed by atoms with E-state index in [2.05, 4.69) is 10.4 Å². The van der Waals surface area contributed by atoms with Crippen molar-refractivity contribution in [1.29, 1.82) is 0 Å². The van der Waals surface area contributed by atoms with Crippen LogP contribution in [0.4, 0.5) is 0 Å². The first-order valence-electron chi connectivity index (χ1n) is 10.2. The summed E-state index contributed by atoms with van der Waals surface area (Å²) >= 11 is 1.62. The lowest BCUT2D eigenvalue weighted by Crippen LogP contribution is -2.51. The fraction of sp³-hybridized carbons (Fsp3) is 0.571. The lowest BCUT2D eigenvalue weighted by molar-refractivity contribution is -0.140. The monoisotopic (exact) mass is 416 g/mol. The van der Waals surface area contributed by atoms with Crippen molar-refractivity contribution in [2.24, 2.45) is 7.05 Å². The molecule has 1 saturated heterocycles. The number of thiophene rings is 1. The summed E-state index contributed by atoms with van der Waals surface area (Å²) in [7, 11) is 1.89. The Morgan fingerprint density at radius 2 is 2.10 bits per heavy atom. The predicted octanol–water partition coefficient (Wildman–Crippen LogP) is 2.30. The number of hydrogen-bond acceptors (Lipinski definition) is 5. The van der Waals surface area contributed by atoms with E-state index < -0.39 is 0 Å². The zero-order valence-corrected chi connectivity index (χ0v) is 18.1. The van der Waals surface area contributed by atoms with Gasteiger partial charge in [-0.05, 0) is 38.1 Å². The van der Waals surface area contributed by atoms with Gasteiger partial charge in [0.15, 0.2) is 5.69 Å². The Labute approximate surface area is 175 Å². The van der Waals surface area contributed by atoms with Crippen molar-refractivity contribution < 1.29 is 14.3 Å². The van der Waals surface area contributed by atoms with Crippen LogP contribution in [0.2, 0.25) is 0 Å². The zero-order valence-electron chi connectivity index (χ0n) is 17.2. The molecule has 1 fully saturated rings. The van der Waals surface area contributed by atoms with Gasteiger partial charge in [-0.1, -0.05) is 6.07 Å². The van der Waals surface area contributed by atoms with E-state index in [1.807, 2.05) is 48.0 Å². The molecule has 2 amide bonds. The van der Waals surface area contributed by atoms with Gasteiger partial charge in [-0.15, -0.1) is 11.3 Å². The summed E-state index contributed by atoms with van der Waals surface area (Å²) in [6.45, 7) is 5.68. The number of nitrogens with one attached hydrogen (secondary N) is 1. The van der Waals surface area contributed by atoms with Crippen molar-refractivity contribution in [3.05, 3.63) is 39.3 Å².